The van der Waals surface area contributed by atoms with Crippen LogP contribution in [0.2, 0.25) is 0 Å². The second kappa shape index (κ2) is 7.32. The van der Waals surface area contributed by atoms with Gasteiger partial charge < -0.3 is 9.05 Å². The monoisotopic (exact) mass is 266 g/mol. The third kappa shape index (κ3) is 3.95. The molecule has 1 rings (SSSR count). The van der Waals surface area contributed by atoms with E-state index in [0.29, 0.717) is 18.5 Å². The Morgan fingerprint density at radius 1 is 1.22 bits per heavy atom. The summed E-state index contributed by atoms with van der Waals surface area (Å²) in [6, 6.07) is 9.60. The summed E-state index contributed by atoms with van der Waals surface area (Å²) in [5, 5.41) is 0.484. The van der Waals surface area contributed by atoms with E-state index in [9.17, 15) is 4.57 Å². The molecule has 4 heteroatoms. The molecule has 0 radical (unpaired) electrons. The van der Waals surface area contributed by atoms with Crippen LogP contribution in [0, 0.1) is 0 Å². The van der Waals surface area contributed by atoms with Crippen molar-refractivity contribution in [1.82, 2.24) is 0 Å². The van der Waals surface area contributed by atoms with Gasteiger partial charge in [-0.15, -0.1) is 0 Å². The van der Waals surface area contributed by atoms with E-state index in [1.54, 1.807) is 19.9 Å². The largest absolute Gasteiger partial charge is 0.361 e. The van der Waals surface area contributed by atoms with Gasteiger partial charge in [0.15, 0.2) is 0 Å². The SMILES string of the molecule is C=C/C(=C\c1ccccc1)P(=O)(OCC)OCC. The zero-order valence-corrected chi connectivity index (χ0v) is 11.7. The molecule has 0 amide bonds. The molecule has 0 saturated heterocycles. The lowest BCUT2D eigenvalue weighted by molar-refractivity contribution is 0.227. The summed E-state index contributed by atoms with van der Waals surface area (Å²) in [5.41, 5.74) is 0.937. The number of hydrogen-bond acceptors (Lipinski definition) is 3. The van der Waals surface area contributed by atoms with Crippen LogP contribution in [0.5, 0.6) is 0 Å². The first-order chi connectivity index (χ1) is 8.66. The van der Waals surface area contributed by atoms with Gasteiger partial charge in [0.25, 0.3) is 0 Å². The molecule has 98 valence electrons. The van der Waals surface area contributed by atoms with Crippen LogP contribution in [-0.2, 0) is 13.6 Å². The smallest absolute Gasteiger partial charge is 0.305 e. The molecule has 0 heterocycles. The van der Waals surface area contributed by atoms with Crippen LogP contribution in [0.15, 0.2) is 48.3 Å². The zero-order chi connectivity index (χ0) is 13.4. The van der Waals surface area contributed by atoms with Gasteiger partial charge in [-0.1, -0.05) is 43.0 Å². The molecule has 18 heavy (non-hydrogen) atoms. The minimum Gasteiger partial charge on any atom is -0.305 e. The normalized spacial score (nSPS) is 12.4. The third-order valence-electron chi connectivity index (χ3n) is 2.24. The molecule has 0 N–H and O–H groups in total. The van der Waals surface area contributed by atoms with E-state index < -0.39 is 7.60 Å². The van der Waals surface area contributed by atoms with Gasteiger partial charge >= 0.3 is 7.60 Å². The van der Waals surface area contributed by atoms with Crippen molar-refractivity contribution in [1.29, 1.82) is 0 Å². The fraction of sp³-hybridized carbons (Fsp3) is 0.286. The molecule has 0 saturated carbocycles. The van der Waals surface area contributed by atoms with Crippen LogP contribution in [0.1, 0.15) is 19.4 Å². The van der Waals surface area contributed by atoms with Gasteiger partial charge in [-0.05, 0) is 25.5 Å². The third-order valence-corrected chi connectivity index (χ3v) is 4.38. The maximum absolute atomic E-state index is 12.6. The highest BCUT2D eigenvalue weighted by atomic mass is 31.2. The van der Waals surface area contributed by atoms with Crippen molar-refractivity contribution in [2.24, 2.45) is 0 Å². The first-order valence-electron chi connectivity index (χ1n) is 5.95. The first-order valence-corrected chi connectivity index (χ1v) is 7.49. The zero-order valence-electron chi connectivity index (χ0n) is 10.8. The minimum absolute atomic E-state index is 0.331. The van der Waals surface area contributed by atoms with E-state index in [4.69, 9.17) is 9.05 Å². The number of allylic oxidation sites excluding steroid dienone is 2. The molecule has 0 aliphatic rings. The molecule has 3 nitrogen and oxygen atoms in total. The Kier molecular flexibility index (Phi) is 6.06. The van der Waals surface area contributed by atoms with Gasteiger partial charge in [0.1, 0.15) is 0 Å². The van der Waals surface area contributed by atoms with E-state index in [2.05, 4.69) is 6.58 Å². The molecule has 0 aliphatic heterocycles. The second-order valence-corrected chi connectivity index (χ2v) is 5.54. The number of rotatable bonds is 7. The topological polar surface area (TPSA) is 35.5 Å². The Balaban J connectivity index is 3.10. The van der Waals surface area contributed by atoms with E-state index in [1.807, 2.05) is 30.3 Å². The van der Waals surface area contributed by atoms with Crippen molar-refractivity contribution in [3.8, 4) is 0 Å². The summed E-state index contributed by atoms with van der Waals surface area (Å²) < 4.78 is 23.1. The minimum atomic E-state index is -3.25. The van der Waals surface area contributed by atoms with E-state index in [-0.39, 0.29) is 0 Å². The summed E-state index contributed by atoms with van der Waals surface area (Å²) in [6.07, 6.45) is 3.30. The summed E-state index contributed by atoms with van der Waals surface area (Å²) in [7, 11) is -3.25. The quantitative estimate of drug-likeness (QED) is 0.539. The average molecular weight is 266 g/mol. The number of hydrogen-bond donors (Lipinski definition) is 0. The number of benzene rings is 1. The van der Waals surface area contributed by atoms with Crippen molar-refractivity contribution in [2.45, 2.75) is 13.8 Å². The summed E-state index contributed by atoms with van der Waals surface area (Å²) in [4.78, 5) is 0. The molecule has 0 atom stereocenters. The Bertz CT molecular complexity index is 441. The van der Waals surface area contributed by atoms with E-state index in [0.717, 1.165) is 5.56 Å². The standard InChI is InChI=1S/C14H19O3P/c1-4-14(12-13-10-8-7-9-11-13)18(15,16-5-2)17-6-3/h4,7-12H,1,5-6H2,2-3H3/b14-12+. The van der Waals surface area contributed by atoms with Crippen molar-refractivity contribution in [3.63, 3.8) is 0 Å². The maximum atomic E-state index is 12.6. The van der Waals surface area contributed by atoms with Crippen molar-refractivity contribution < 1.29 is 13.6 Å². The van der Waals surface area contributed by atoms with E-state index in [1.165, 1.54) is 6.08 Å². The molecule has 0 spiro atoms. The molecule has 1 aromatic rings. The van der Waals surface area contributed by atoms with Crippen LogP contribution in [0.3, 0.4) is 0 Å². The fourth-order valence-electron chi connectivity index (χ4n) is 1.50. The van der Waals surface area contributed by atoms with Gasteiger partial charge in [0.05, 0.1) is 18.5 Å². The molecular formula is C14H19O3P. The van der Waals surface area contributed by atoms with Gasteiger partial charge in [-0.25, -0.2) is 0 Å². The lowest BCUT2D eigenvalue weighted by Crippen LogP contribution is -1.97. The van der Waals surface area contributed by atoms with Crippen LogP contribution in [0.4, 0.5) is 0 Å². The first kappa shape index (κ1) is 14.9. The lowest BCUT2D eigenvalue weighted by atomic mass is 10.2. The van der Waals surface area contributed by atoms with Crippen LogP contribution >= 0.6 is 7.60 Å². The Labute approximate surface area is 109 Å². The molecule has 0 bridgehead atoms. The maximum Gasteiger partial charge on any atom is 0.361 e. The van der Waals surface area contributed by atoms with Crippen LogP contribution in [0.25, 0.3) is 6.08 Å². The molecule has 0 aliphatic carbocycles. The fourth-order valence-corrected chi connectivity index (χ4v) is 3.08. The average Bonchev–Trinajstić information content (AvgIpc) is 2.37. The van der Waals surface area contributed by atoms with Crippen molar-refractivity contribution in [2.75, 3.05) is 13.2 Å². The lowest BCUT2D eigenvalue weighted by Gasteiger charge is -2.17. The van der Waals surface area contributed by atoms with Gasteiger partial charge in [0, 0.05) is 0 Å². The van der Waals surface area contributed by atoms with Crippen LogP contribution in [-0.4, -0.2) is 13.2 Å². The summed E-state index contributed by atoms with van der Waals surface area (Å²) in [5.74, 6) is 0. The van der Waals surface area contributed by atoms with Gasteiger partial charge in [0.2, 0.25) is 0 Å². The van der Waals surface area contributed by atoms with Gasteiger partial charge in [-0.2, -0.15) is 0 Å². The highest BCUT2D eigenvalue weighted by molar-refractivity contribution is 7.59. The van der Waals surface area contributed by atoms with Crippen molar-refractivity contribution >= 4 is 13.7 Å². The van der Waals surface area contributed by atoms with Crippen LogP contribution < -0.4 is 0 Å². The Morgan fingerprint density at radius 3 is 2.22 bits per heavy atom. The molecular weight excluding hydrogens is 247 g/mol. The summed E-state index contributed by atoms with van der Waals surface area (Å²) >= 11 is 0. The molecule has 0 fully saturated rings. The highest BCUT2D eigenvalue weighted by Gasteiger charge is 2.27. The van der Waals surface area contributed by atoms with Gasteiger partial charge in [-0.3, -0.25) is 4.57 Å². The van der Waals surface area contributed by atoms with E-state index >= 15 is 0 Å². The molecule has 0 unspecified atom stereocenters. The Morgan fingerprint density at radius 2 is 1.78 bits per heavy atom. The molecule has 0 aromatic heterocycles. The summed E-state index contributed by atoms with van der Waals surface area (Å²) in [6.45, 7) is 7.92. The Hall–Kier alpha value is -1.15. The molecule has 1 aromatic carbocycles. The predicted molar refractivity (Wildman–Crippen MR) is 75.5 cm³/mol. The predicted octanol–water partition coefficient (Wildman–Crippen LogP) is 4.48. The second-order valence-electron chi connectivity index (χ2n) is 3.52. The van der Waals surface area contributed by atoms with Crippen molar-refractivity contribution in [3.05, 3.63) is 53.9 Å². The highest BCUT2D eigenvalue weighted by Crippen LogP contribution is 2.56.